The van der Waals surface area contributed by atoms with Crippen molar-refractivity contribution in [2.24, 2.45) is 5.41 Å². The van der Waals surface area contributed by atoms with Crippen LogP contribution in [0.25, 0.3) is 0 Å². The Morgan fingerprint density at radius 1 is 0.548 bits per heavy atom. The molecule has 18 heteroatoms. The standard InChI is InChI=1S/C13H4ClF15O2/c14-1-3(30)31-2-4-8(18,19)5(15)11(24,25)6(16,9(4,20)21)13(28,29)7(17,10(4,22)23)12(5,26)27/h1-2H2. The number of hydrogen-bond donors (Lipinski definition) is 0. The van der Waals surface area contributed by atoms with Gasteiger partial charge in [0.2, 0.25) is 5.41 Å². The fourth-order valence-electron chi connectivity index (χ4n) is 4.46. The normalized spacial score (nSPS) is 46.6. The molecular formula is C13H4ClF15O2. The van der Waals surface area contributed by atoms with Crippen molar-refractivity contribution in [3.8, 4) is 0 Å². The van der Waals surface area contributed by atoms with Gasteiger partial charge in [-0.05, 0) is 0 Å². The second kappa shape index (κ2) is 5.26. The molecule has 0 aliphatic heterocycles. The first-order valence-corrected chi connectivity index (χ1v) is 8.04. The van der Waals surface area contributed by atoms with Gasteiger partial charge in [-0.3, -0.25) is 4.79 Å². The summed E-state index contributed by atoms with van der Waals surface area (Å²) in [5.41, 5.74) is -29.9. The summed E-state index contributed by atoms with van der Waals surface area (Å²) in [5.74, 6) is -50.1. The Morgan fingerprint density at radius 3 is 1.03 bits per heavy atom. The average Bonchev–Trinajstić information content (AvgIpc) is 2.61. The Kier molecular flexibility index (Phi) is 4.14. The molecule has 0 spiro atoms. The lowest BCUT2D eigenvalue weighted by Crippen LogP contribution is -3.08. The average molecular weight is 513 g/mol. The highest BCUT2D eigenvalue weighted by Gasteiger charge is 3.22. The van der Waals surface area contributed by atoms with Crippen LogP contribution in [0.3, 0.4) is 0 Å². The number of rotatable bonds is 3. The molecule has 0 aromatic rings. The van der Waals surface area contributed by atoms with Gasteiger partial charge < -0.3 is 4.74 Å². The molecule has 4 aliphatic rings. The van der Waals surface area contributed by atoms with Crippen LogP contribution >= 0.6 is 11.6 Å². The van der Waals surface area contributed by atoms with Gasteiger partial charge in [0.05, 0.1) is 0 Å². The fraction of sp³-hybridized carbons (Fsp3) is 0.923. The van der Waals surface area contributed by atoms with Gasteiger partial charge in [0.15, 0.2) is 0 Å². The quantitative estimate of drug-likeness (QED) is 0.311. The first kappa shape index (κ1) is 24.4. The van der Waals surface area contributed by atoms with Crippen molar-refractivity contribution in [1.29, 1.82) is 0 Å². The molecule has 0 radical (unpaired) electrons. The predicted octanol–water partition coefficient (Wildman–Crippen LogP) is 4.73. The lowest BCUT2D eigenvalue weighted by atomic mass is 9.36. The SMILES string of the molecule is O=C(CCl)OCC12C(F)(F)C3(F)C(F)(F)C(F)(C(F)(F)C(F)(C3(F)F)C1(F)F)C2(F)F. The first-order chi connectivity index (χ1) is 13.5. The highest BCUT2D eigenvalue weighted by molar-refractivity contribution is 6.26. The summed E-state index contributed by atoms with van der Waals surface area (Å²) in [6.07, 6.45) is 0. The highest BCUT2D eigenvalue weighted by atomic mass is 35.5. The lowest BCUT2D eigenvalue weighted by molar-refractivity contribution is -0.613. The zero-order valence-corrected chi connectivity index (χ0v) is 14.5. The number of carbonyl (C=O) groups is 1. The molecule has 31 heavy (non-hydrogen) atoms. The van der Waals surface area contributed by atoms with Gasteiger partial charge in [-0.1, -0.05) is 0 Å². The zero-order chi connectivity index (χ0) is 24.7. The number of halogens is 16. The van der Waals surface area contributed by atoms with Crippen LogP contribution < -0.4 is 0 Å². The second-order valence-electron chi connectivity index (χ2n) is 7.12. The molecule has 4 rings (SSSR count). The molecule has 0 atom stereocenters. The van der Waals surface area contributed by atoms with Crippen LogP contribution in [0.4, 0.5) is 65.9 Å². The molecule has 0 aromatic heterocycles. The largest absolute Gasteiger partial charge is 0.463 e. The number of hydrogen-bond acceptors (Lipinski definition) is 2. The van der Waals surface area contributed by atoms with Crippen LogP contribution in [-0.2, 0) is 9.53 Å². The minimum absolute atomic E-state index is 1.55. The number of carbonyl (C=O) groups excluding carboxylic acids is 1. The monoisotopic (exact) mass is 512 g/mol. The molecule has 0 unspecified atom stereocenters. The number of alkyl halides is 16. The van der Waals surface area contributed by atoms with Gasteiger partial charge >= 0.3 is 58.5 Å². The van der Waals surface area contributed by atoms with E-state index in [2.05, 4.69) is 4.74 Å². The minimum Gasteiger partial charge on any atom is -0.463 e. The van der Waals surface area contributed by atoms with Crippen LogP contribution in [-0.4, -0.2) is 71.0 Å². The molecule has 4 saturated carbocycles. The summed E-state index contributed by atoms with van der Waals surface area (Å²) in [7, 11) is 0. The van der Waals surface area contributed by atoms with E-state index in [-0.39, 0.29) is 0 Å². The van der Waals surface area contributed by atoms with E-state index >= 15 is 0 Å². The third-order valence-corrected chi connectivity index (χ3v) is 6.28. The lowest BCUT2D eigenvalue weighted by Gasteiger charge is -2.75. The van der Waals surface area contributed by atoms with Gasteiger partial charge in [-0.2, -0.15) is 26.3 Å². The minimum atomic E-state index is -7.86. The van der Waals surface area contributed by atoms with Gasteiger partial charge in [0.25, 0.3) is 0 Å². The van der Waals surface area contributed by atoms with Crippen molar-refractivity contribution in [3.63, 3.8) is 0 Å². The Labute approximate surface area is 164 Å². The molecule has 0 N–H and O–H groups in total. The first-order valence-electron chi connectivity index (χ1n) is 7.51. The van der Waals surface area contributed by atoms with Crippen molar-refractivity contribution < 1.29 is 75.4 Å². The van der Waals surface area contributed by atoms with Crippen LogP contribution in [0.15, 0.2) is 0 Å². The summed E-state index contributed by atoms with van der Waals surface area (Å²) in [5, 5.41) is 0. The smallest absolute Gasteiger partial charge is 0.339 e. The fourth-order valence-corrected chi connectivity index (χ4v) is 4.54. The summed E-state index contributed by atoms with van der Waals surface area (Å²) in [6.45, 7) is -3.54. The van der Waals surface area contributed by atoms with Gasteiger partial charge in [0.1, 0.15) is 12.5 Å². The van der Waals surface area contributed by atoms with Gasteiger partial charge in [0, 0.05) is 0 Å². The van der Waals surface area contributed by atoms with E-state index in [1.54, 1.807) is 0 Å². The third kappa shape index (κ3) is 1.56. The van der Waals surface area contributed by atoms with E-state index in [0.717, 1.165) is 0 Å². The second-order valence-corrected chi connectivity index (χ2v) is 7.39. The topological polar surface area (TPSA) is 26.3 Å². The van der Waals surface area contributed by atoms with Crippen LogP contribution in [0.1, 0.15) is 0 Å². The Balaban J connectivity index is 2.60. The van der Waals surface area contributed by atoms with E-state index in [1.165, 1.54) is 0 Å². The van der Waals surface area contributed by atoms with Crippen molar-refractivity contribution in [2.45, 2.75) is 52.5 Å². The molecular weight excluding hydrogens is 509 g/mol. The maximum atomic E-state index is 14.7. The Morgan fingerprint density at radius 2 is 0.806 bits per heavy atom. The van der Waals surface area contributed by atoms with Crippen molar-refractivity contribution in [3.05, 3.63) is 0 Å². The van der Waals surface area contributed by atoms with E-state index in [9.17, 15) is 70.7 Å². The molecule has 0 aromatic carbocycles. The predicted molar refractivity (Wildman–Crippen MR) is 65.3 cm³/mol. The molecule has 0 amide bonds. The maximum absolute atomic E-state index is 14.7. The molecule has 4 fully saturated rings. The molecule has 2 nitrogen and oxygen atoms in total. The van der Waals surface area contributed by atoms with E-state index in [1.807, 2.05) is 0 Å². The summed E-state index contributed by atoms with van der Waals surface area (Å²) in [6, 6.07) is 0. The summed E-state index contributed by atoms with van der Waals surface area (Å²) in [4.78, 5) is 10.9. The van der Waals surface area contributed by atoms with E-state index in [4.69, 9.17) is 11.6 Å². The zero-order valence-electron chi connectivity index (χ0n) is 13.8. The van der Waals surface area contributed by atoms with Crippen molar-refractivity contribution in [1.82, 2.24) is 0 Å². The summed E-state index contributed by atoms with van der Waals surface area (Å²) >= 11 is 4.75. The van der Waals surface area contributed by atoms with Crippen LogP contribution in [0.2, 0.25) is 0 Å². The Hall–Kier alpha value is -1.29. The number of esters is 1. The van der Waals surface area contributed by atoms with Crippen LogP contribution in [0, 0.1) is 5.41 Å². The highest BCUT2D eigenvalue weighted by Crippen LogP contribution is 2.90. The third-order valence-electron chi connectivity index (χ3n) is 6.06. The molecule has 0 saturated heterocycles. The van der Waals surface area contributed by atoms with Crippen molar-refractivity contribution >= 4 is 17.6 Å². The van der Waals surface area contributed by atoms with Gasteiger partial charge in [-0.25, -0.2) is 39.5 Å². The van der Waals surface area contributed by atoms with E-state index < -0.39 is 76.4 Å². The molecule has 4 aliphatic carbocycles. The maximum Gasteiger partial charge on any atom is 0.339 e. The number of ether oxygens (including phenoxy) is 1. The Bertz CT molecular complexity index is 741. The molecule has 180 valence electrons. The van der Waals surface area contributed by atoms with Crippen LogP contribution in [0.5, 0.6) is 0 Å². The summed E-state index contributed by atoms with van der Waals surface area (Å²) < 4.78 is 220. The molecule has 0 heterocycles. The van der Waals surface area contributed by atoms with E-state index in [0.29, 0.717) is 0 Å². The van der Waals surface area contributed by atoms with Gasteiger partial charge in [-0.15, -0.1) is 11.6 Å². The molecule has 4 bridgehead atoms. The van der Waals surface area contributed by atoms with Crippen molar-refractivity contribution in [2.75, 3.05) is 12.5 Å².